The minimum absolute atomic E-state index is 0.799. The zero-order chi connectivity index (χ0) is 11.5. The standard InChI is InChI=1S/C13H19NOS/c1-10-3-11(2)6-14(5-10)7-12-4-13(8-15)16-9-12/h4,8-11H,3,5-7H2,1-2H3. The van der Waals surface area contributed by atoms with Gasteiger partial charge in [-0.1, -0.05) is 13.8 Å². The van der Waals surface area contributed by atoms with Gasteiger partial charge in [0.2, 0.25) is 0 Å². The molecule has 2 rings (SSSR count). The number of hydrogen-bond acceptors (Lipinski definition) is 3. The van der Waals surface area contributed by atoms with Crippen molar-refractivity contribution in [2.75, 3.05) is 13.1 Å². The van der Waals surface area contributed by atoms with E-state index in [1.807, 2.05) is 6.07 Å². The fourth-order valence-corrected chi connectivity index (χ4v) is 3.42. The first-order valence-corrected chi connectivity index (χ1v) is 6.80. The second kappa shape index (κ2) is 5.11. The van der Waals surface area contributed by atoms with Crippen LogP contribution in [0.15, 0.2) is 11.4 Å². The first kappa shape index (κ1) is 11.8. The minimum Gasteiger partial charge on any atom is -0.299 e. The molecular weight excluding hydrogens is 218 g/mol. The van der Waals surface area contributed by atoms with Crippen molar-refractivity contribution in [3.8, 4) is 0 Å². The third kappa shape index (κ3) is 2.92. The average Bonchev–Trinajstić information content (AvgIpc) is 2.64. The SMILES string of the molecule is CC1CC(C)CN(Cc2csc(C=O)c2)C1. The van der Waals surface area contributed by atoms with Gasteiger partial charge in [-0.2, -0.15) is 0 Å². The molecule has 0 N–H and O–H groups in total. The predicted molar refractivity (Wildman–Crippen MR) is 67.9 cm³/mol. The molecule has 1 saturated heterocycles. The molecule has 0 spiro atoms. The van der Waals surface area contributed by atoms with Crippen molar-refractivity contribution >= 4 is 17.6 Å². The van der Waals surface area contributed by atoms with Crippen LogP contribution in [0.2, 0.25) is 0 Å². The lowest BCUT2D eigenvalue weighted by Gasteiger charge is -2.34. The maximum atomic E-state index is 10.6. The Morgan fingerprint density at radius 2 is 2.12 bits per heavy atom. The average molecular weight is 237 g/mol. The van der Waals surface area contributed by atoms with Crippen molar-refractivity contribution in [2.24, 2.45) is 11.8 Å². The van der Waals surface area contributed by atoms with E-state index in [0.717, 1.165) is 29.5 Å². The number of rotatable bonds is 3. The lowest BCUT2D eigenvalue weighted by atomic mass is 9.92. The van der Waals surface area contributed by atoms with Crippen LogP contribution < -0.4 is 0 Å². The lowest BCUT2D eigenvalue weighted by molar-refractivity contribution is 0.112. The van der Waals surface area contributed by atoms with E-state index in [0.29, 0.717) is 0 Å². The summed E-state index contributed by atoms with van der Waals surface area (Å²) in [7, 11) is 0. The molecule has 0 radical (unpaired) electrons. The molecule has 1 aromatic heterocycles. The second-order valence-corrected chi connectivity index (χ2v) is 6.06. The molecule has 1 aliphatic heterocycles. The number of likely N-dealkylation sites (tertiary alicyclic amines) is 1. The summed E-state index contributed by atoms with van der Waals surface area (Å²) in [4.78, 5) is 14.0. The van der Waals surface area contributed by atoms with Gasteiger partial charge in [-0.15, -0.1) is 11.3 Å². The quantitative estimate of drug-likeness (QED) is 0.753. The van der Waals surface area contributed by atoms with Crippen molar-refractivity contribution < 1.29 is 4.79 Å². The highest BCUT2D eigenvalue weighted by Crippen LogP contribution is 2.23. The van der Waals surface area contributed by atoms with Crippen LogP contribution in [0, 0.1) is 11.8 Å². The Balaban J connectivity index is 1.95. The zero-order valence-electron chi connectivity index (χ0n) is 9.98. The predicted octanol–water partition coefficient (Wildman–Crippen LogP) is 3.04. The molecule has 0 amide bonds. The van der Waals surface area contributed by atoms with E-state index in [-0.39, 0.29) is 0 Å². The fraction of sp³-hybridized carbons (Fsp3) is 0.615. The highest BCUT2D eigenvalue weighted by Gasteiger charge is 2.21. The van der Waals surface area contributed by atoms with E-state index in [2.05, 4.69) is 24.1 Å². The summed E-state index contributed by atoms with van der Waals surface area (Å²) in [5.74, 6) is 1.60. The van der Waals surface area contributed by atoms with Gasteiger partial charge in [0.15, 0.2) is 6.29 Å². The topological polar surface area (TPSA) is 20.3 Å². The van der Waals surface area contributed by atoms with E-state index in [1.165, 1.54) is 25.1 Å². The maximum absolute atomic E-state index is 10.6. The normalized spacial score (nSPS) is 26.9. The summed E-state index contributed by atoms with van der Waals surface area (Å²) in [6, 6.07) is 2.02. The van der Waals surface area contributed by atoms with Crippen LogP contribution in [-0.2, 0) is 6.54 Å². The molecule has 0 saturated carbocycles. The number of carbonyl (C=O) groups excluding carboxylic acids is 1. The summed E-state index contributed by atoms with van der Waals surface area (Å²) in [6.07, 6.45) is 2.29. The number of nitrogens with zero attached hydrogens (tertiary/aromatic N) is 1. The van der Waals surface area contributed by atoms with E-state index in [4.69, 9.17) is 0 Å². The van der Waals surface area contributed by atoms with Crippen LogP contribution in [0.5, 0.6) is 0 Å². The number of carbonyl (C=O) groups is 1. The molecule has 1 aliphatic rings. The molecule has 1 fully saturated rings. The molecule has 16 heavy (non-hydrogen) atoms. The molecule has 88 valence electrons. The monoisotopic (exact) mass is 237 g/mol. The van der Waals surface area contributed by atoms with E-state index in [1.54, 1.807) is 11.3 Å². The highest BCUT2D eigenvalue weighted by atomic mass is 32.1. The van der Waals surface area contributed by atoms with Gasteiger partial charge >= 0.3 is 0 Å². The van der Waals surface area contributed by atoms with Crippen molar-refractivity contribution in [3.05, 3.63) is 21.9 Å². The largest absolute Gasteiger partial charge is 0.299 e. The molecule has 2 atom stereocenters. The Labute approximate surface area is 101 Å². The molecule has 0 bridgehead atoms. The van der Waals surface area contributed by atoms with E-state index in [9.17, 15) is 4.79 Å². The first-order chi connectivity index (χ1) is 7.67. The van der Waals surface area contributed by atoms with Gasteiger partial charge in [0, 0.05) is 19.6 Å². The van der Waals surface area contributed by atoms with Crippen LogP contribution in [0.3, 0.4) is 0 Å². The molecular formula is C13H19NOS. The fourth-order valence-electron chi connectivity index (χ4n) is 2.72. The molecule has 2 nitrogen and oxygen atoms in total. The Morgan fingerprint density at radius 1 is 1.44 bits per heavy atom. The molecule has 1 aromatic rings. The minimum atomic E-state index is 0.799. The summed E-state index contributed by atoms with van der Waals surface area (Å²) < 4.78 is 0. The lowest BCUT2D eigenvalue weighted by Crippen LogP contribution is -2.37. The Hall–Kier alpha value is -0.670. The first-order valence-electron chi connectivity index (χ1n) is 5.92. The summed E-state index contributed by atoms with van der Waals surface area (Å²) in [6.45, 7) is 8.03. The molecule has 0 aliphatic carbocycles. The van der Waals surface area contributed by atoms with Crippen LogP contribution in [0.4, 0.5) is 0 Å². The van der Waals surface area contributed by atoms with Gasteiger partial charge in [0.25, 0.3) is 0 Å². The number of aldehydes is 1. The van der Waals surface area contributed by atoms with Crippen LogP contribution in [-0.4, -0.2) is 24.3 Å². The highest BCUT2D eigenvalue weighted by molar-refractivity contribution is 7.11. The molecule has 0 aromatic carbocycles. The number of hydrogen-bond donors (Lipinski definition) is 0. The van der Waals surface area contributed by atoms with Crippen molar-refractivity contribution in [1.82, 2.24) is 4.90 Å². The van der Waals surface area contributed by atoms with Crippen LogP contribution >= 0.6 is 11.3 Å². The van der Waals surface area contributed by atoms with Gasteiger partial charge in [-0.3, -0.25) is 9.69 Å². The van der Waals surface area contributed by atoms with Gasteiger partial charge in [-0.25, -0.2) is 0 Å². The van der Waals surface area contributed by atoms with E-state index < -0.39 is 0 Å². The van der Waals surface area contributed by atoms with Crippen LogP contribution in [0.1, 0.15) is 35.5 Å². The number of piperidine rings is 1. The third-order valence-corrected chi connectivity index (χ3v) is 4.05. The van der Waals surface area contributed by atoms with Gasteiger partial charge < -0.3 is 0 Å². The Morgan fingerprint density at radius 3 is 2.69 bits per heavy atom. The summed E-state index contributed by atoms with van der Waals surface area (Å²) in [5.41, 5.74) is 1.29. The number of thiophene rings is 1. The third-order valence-electron chi connectivity index (χ3n) is 3.14. The van der Waals surface area contributed by atoms with Gasteiger partial charge in [0.1, 0.15) is 0 Å². The Bertz CT molecular complexity index is 351. The van der Waals surface area contributed by atoms with Crippen molar-refractivity contribution in [1.29, 1.82) is 0 Å². The van der Waals surface area contributed by atoms with Gasteiger partial charge in [-0.05, 0) is 35.3 Å². The van der Waals surface area contributed by atoms with Crippen molar-refractivity contribution in [3.63, 3.8) is 0 Å². The zero-order valence-corrected chi connectivity index (χ0v) is 10.8. The van der Waals surface area contributed by atoms with Crippen molar-refractivity contribution in [2.45, 2.75) is 26.8 Å². The van der Waals surface area contributed by atoms with Gasteiger partial charge in [0.05, 0.1) is 4.88 Å². The smallest absolute Gasteiger partial charge is 0.160 e. The Kier molecular flexibility index (Phi) is 3.77. The summed E-state index contributed by atoms with van der Waals surface area (Å²) in [5, 5.41) is 2.10. The maximum Gasteiger partial charge on any atom is 0.160 e. The molecule has 2 unspecified atom stereocenters. The second-order valence-electron chi connectivity index (χ2n) is 5.12. The summed E-state index contributed by atoms with van der Waals surface area (Å²) >= 11 is 1.54. The van der Waals surface area contributed by atoms with E-state index >= 15 is 0 Å². The molecule has 3 heteroatoms. The van der Waals surface area contributed by atoms with Crippen LogP contribution in [0.25, 0.3) is 0 Å². The molecule has 2 heterocycles.